The van der Waals surface area contributed by atoms with Gasteiger partial charge in [-0.3, -0.25) is 4.79 Å². The van der Waals surface area contributed by atoms with E-state index in [1.54, 1.807) is 13.3 Å². The van der Waals surface area contributed by atoms with Gasteiger partial charge < -0.3 is 14.5 Å². The standard InChI is InChI=1S/C21H22N2O3/c1-14-7-8-18(15(2)11-14)23-20(24)9-10-21-22-13-19(26-21)16-5-4-6-17(12-16)25-3/h4-8,11-13H,9-10H2,1-3H3,(H,23,24). The van der Waals surface area contributed by atoms with E-state index in [9.17, 15) is 4.79 Å². The molecule has 0 spiro atoms. The van der Waals surface area contributed by atoms with Crippen LogP contribution < -0.4 is 10.1 Å². The van der Waals surface area contributed by atoms with Gasteiger partial charge in [0.25, 0.3) is 0 Å². The molecule has 0 saturated heterocycles. The summed E-state index contributed by atoms with van der Waals surface area (Å²) in [5, 5.41) is 2.94. The lowest BCUT2D eigenvalue weighted by atomic mass is 10.1. The fourth-order valence-electron chi connectivity index (χ4n) is 2.72. The van der Waals surface area contributed by atoms with Crippen molar-refractivity contribution in [2.45, 2.75) is 26.7 Å². The number of ether oxygens (including phenoxy) is 1. The largest absolute Gasteiger partial charge is 0.497 e. The highest BCUT2D eigenvalue weighted by Gasteiger charge is 2.10. The zero-order chi connectivity index (χ0) is 18.5. The zero-order valence-corrected chi connectivity index (χ0v) is 15.2. The summed E-state index contributed by atoms with van der Waals surface area (Å²) in [7, 11) is 1.62. The van der Waals surface area contributed by atoms with Crippen LogP contribution in [0.1, 0.15) is 23.4 Å². The number of hydrogen-bond acceptors (Lipinski definition) is 4. The van der Waals surface area contributed by atoms with Gasteiger partial charge >= 0.3 is 0 Å². The van der Waals surface area contributed by atoms with Gasteiger partial charge in [-0.05, 0) is 37.6 Å². The van der Waals surface area contributed by atoms with E-state index < -0.39 is 0 Å². The number of aromatic nitrogens is 1. The molecule has 0 saturated carbocycles. The summed E-state index contributed by atoms with van der Waals surface area (Å²) in [6.45, 7) is 4.01. The van der Waals surface area contributed by atoms with E-state index in [4.69, 9.17) is 9.15 Å². The average molecular weight is 350 g/mol. The summed E-state index contributed by atoms with van der Waals surface area (Å²) in [6.07, 6.45) is 2.43. The molecule has 0 fully saturated rings. The normalized spacial score (nSPS) is 10.6. The van der Waals surface area contributed by atoms with Crippen molar-refractivity contribution in [3.05, 3.63) is 65.7 Å². The number of nitrogens with zero attached hydrogens (tertiary/aromatic N) is 1. The number of hydrogen-bond donors (Lipinski definition) is 1. The predicted octanol–water partition coefficient (Wildman–Crippen LogP) is 4.54. The Labute approximate surface area is 153 Å². The van der Waals surface area contributed by atoms with Crippen LogP contribution in [0.25, 0.3) is 11.3 Å². The molecule has 26 heavy (non-hydrogen) atoms. The van der Waals surface area contributed by atoms with E-state index in [1.165, 1.54) is 5.56 Å². The number of aryl methyl sites for hydroxylation is 3. The quantitative estimate of drug-likeness (QED) is 0.709. The Morgan fingerprint density at radius 2 is 2.04 bits per heavy atom. The van der Waals surface area contributed by atoms with Crippen molar-refractivity contribution in [2.24, 2.45) is 0 Å². The maximum atomic E-state index is 12.2. The molecule has 0 radical (unpaired) electrons. The molecule has 0 atom stereocenters. The fraction of sp³-hybridized carbons (Fsp3) is 0.238. The third kappa shape index (κ3) is 4.30. The first-order valence-electron chi connectivity index (χ1n) is 8.51. The molecule has 0 bridgehead atoms. The van der Waals surface area contributed by atoms with Crippen LogP contribution in [-0.2, 0) is 11.2 Å². The van der Waals surface area contributed by atoms with Gasteiger partial charge in [-0.15, -0.1) is 0 Å². The van der Waals surface area contributed by atoms with Crippen LogP contribution in [-0.4, -0.2) is 18.0 Å². The van der Waals surface area contributed by atoms with Crippen LogP contribution in [0.3, 0.4) is 0 Å². The van der Waals surface area contributed by atoms with Gasteiger partial charge in [-0.2, -0.15) is 0 Å². The Bertz CT molecular complexity index is 915. The Balaban J connectivity index is 1.60. The first-order valence-corrected chi connectivity index (χ1v) is 8.51. The molecule has 1 amide bonds. The first kappa shape index (κ1) is 17.7. The number of amides is 1. The fourth-order valence-corrected chi connectivity index (χ4v) is 2.72. The van der Waals surface area contributed by atoms with E-state index in [1.807, 2.05) is 56.3 Å². The van der Waals surface area contributed by atoms with Crippen molar-refractivity contribution in [1.82, 2.24) is 4.98 Å². The van der Waals surface area contributed by atoms with Crippen LogP contribution in [0.15, 0.2) is 53.1 Å². The second-order valence-corrected chi connectivity index (χ2v) is 6.22. The van der Waals surface area contributed by atoms with Crippen molar-refractivity contribution in [2.75, 3.05) is 12.4 Å². The maximum Gasteiger partial charge on any atom is 0.224 e. The van der Waals surface area contributed by atoms with Crippen molar-refractivity contribution in [3.8, 4) is 17.1 Å². The SMILES string of the molecule is COc1cccc(-c2cnc(CCC(=O)Nc3ccc(C)cc3C)o2)c1. The maximum absolute atomic E-state index is 12.2. The highest BCUT2D eigenvalue weighted by Crippen LogP contribution is 2.25. The molecule has 3 rings (SSSR count). The predicted molar refractivity (Wildman–Crippen MR) is 101 cm³/mol. The van der Waals surface area contributed by atoms with Gasteiger partial charge in [0.1, 0.15) is 5.75 Å². The molecule has 1 aromatic heterocycles. The molecule has 3 aromatic rings. The number of methoxy groups -OCH3 is 1. The molecule has 134 valence electrons. The van der Waals surface area contributed by atoms with Gasteiger partial charge in [-0.25, -0.2) is 4.98 Å². The van der Waals surface area contributed by atoms with Gasteiger partial charge in [-0.1, -0.05) is 29.8 Å². The van der Waals surface area contributed by atoms with Crippen LogP contribution in [0.4, 0.5) is 5.69 Å². The number of carbonyl (C=O) groups excluding carboxylic acids is 1. The van der Waals surface area contributed by atoms with Gasteiger partial charge in [0, 0.05) is 24.1 Å². The third-order valence-corrected chi connectivity index (χ3v) is 4.13. The van der Waals surface area contributed by atoms with E-state index in [2.05, 4.69) is 10.3 Å². The minimum atomic E-state index is -0.0573. The number of anilines is 1. The van der Waals surface area contributed by atoms with Crippen LogP contribution in [0, 0.1) is 13.8 Å². The lowest BCUT2D eigenvalue weighted by molar-refractivity contribution is -0.116. The summed E-state index contributed by atoms with van der Waals surface area (Å²) < 4.78 is 11.0. The Hall–Kier alpha value is -3.08. The number of benzene rings is 2. The first-order chi connectivity index (χ1) is 12.5. The summed E-state index contributed by atoms with van der Waals surface area (Å²) in [4.78, 5) is 16.5. The monoisotopic (exact) mass is 350 g/mol. The molecular weight excluding hydrogens is 328 g/mol. The van der Waals surface area contributed by atoms with Gasteiger partial charge in [0.2, 0.25) is 5.91 Å². The van der Waals surface area contributed by atoms with E-state index in [-0.39, 0.29) is 5.91 Å². The lowest BCUT2D eigenvalue weighted by Gasteiger charge is -2.08. The molecule has 0 aliphatic rings. The lowest BCUT2D eigenvalue weighted by Crippen LogP contribution is -2.13. The third-order valence-electron chi connectivity index (χ3n) is 4.13. The van der Waals surface area contributed by atoms with E-state index >= 15 is 0 Å². The topological polar surface area (TPSA) is 64.4 Å². The van der Waals surface area contributed by atoms with Gasteiger partial charge in [0.15, 0.2) is 11.7 Å². The minimum absolute atomic E-state index is 0.0573. The second-order valence-electron chi connectivity index (χ2n) is 6.22. The van der Waals surface area contributed by atoms with Crippen molar-refractivity contribution in [3.63, 3.8) is 0 Å². The molecule has 0 aliphatic carbocycles. The van der Waals surface area contributed by atoms with Crippen molar-refractivity contribution < 1.29 is 13.9 Å². The summed E-state index contributed by atoms with van der Waals surface area (Å²) in [5.41, 5.74) is 3.95. The summed E-state index contributed by atoms with van der Waals surface area (Å²) >= 11 is 0. The molecule has 0 unspecified atom stereocenters. The Morgan fingerprint density at radius 1 is 1.19 bits per heavy atom. The molecule has 2 aromatic carbocycles. The second kappa shape index (κ2) is 7.87. The number of nitrogens with one attached hydrogen (secondary N) is 1. The highest BCUT2D eigenvalue weighted by atomic mass is 16.5. The van der Waals surface area contributed by atoms with E-state index in [0.717, 1.165) is 22.6 Å². The zero-order valence-electron chi connectivity index (χ0n) is 15.2. The van der Waals surface area contributed by atoms with Crippen LogP contribution in [0.5, 0.6) is 5.75 Å². The number of rotatable bonds is 6. The van der Waals surface area contributed by atoms with Crippen LogP contribution in [0.2, 0.25) is 0 Å². The van der Waals surface area contributed by atoms with Crippen molar-refractivity contribution in [1.29, 1.82) is 0 Å². The van der Waals surface area contributed by atoms with Crippen molar-refractivity contribution >= 4 is 11.6 Å². The van der Waals surface area contributed by atoms with Gasteiger partial charge in [0.05, 0.1) is 13.3 Å². The highest BCUT2D eigenvalue weighted by molar-refractivity contribution is 5.91. The summed E-state index contributed by atoms with van der Waals surface area (Å²) in [5.74, 6) is 1.90. The molecule has 1 heterocycles. The van der Waals surface area contributed by atoms with E-state index in [0.29, 0.717) is 24.5 Å². The number of oxazole rings is 1. The molecule has 1 N–H and O–H groups in total. The molecule has 0 aliphatic heterocycles. The van der Waals surface area contributed by atoms with Crippen LogP contribution >= 0.6 is 0 Å². The number of carbonyl (C=O) groups is 1. The molecular formula is C21H22N2O3. The molecule has 5 heteroatoms. The smallest absolute Gasteiger partial charge is 0.224 e. The average Bonchev–Trinajstić information content (AvgIpc) is 3.11. The minimum Gasteiger partial charge on any atom is -0.497 e. The Morgan fingerprint density at radius 3 is 2.81 bits per heavy atom. The summed E-state index contributed by atoms with van der Waals surface area (Å²) in [6, 6.07) is 13.5. The molecule has 5 nitrogen and oxygen atoms in total. The Kier molecular flexibility index (Phi) is 5.37.